The van der Waals surface area contributed by atoms with Crippen molar-refractivity contribution in [3.05, 3.63) is 59.7 Å². The van der Waals surface area contributed by atoms with Crippen LogP contribution in [-0.4, -0.2) is 72.0 Å². The van der Waals surface area contributed by atoms with E-state index in [9.17, 15) is 36.2 Å². The largest absolute Gasteiger partial charge is 0.481 e. The number of carboxylic acid groups (broad SMARTS) is 1. The van der Waals surface area contributed by atoms with E-state index in [0.717, 1.165) is 17.7 Å². The number of aliphatic carboxylic acids is 1. The average Bonchev–Trinajstić information content (AvgIpc) is 3.49. The van der Waals surface area contributed by atoms with E-state index in [1.54, 1.807) is 29.0 Å². The highest BCUT2D eigenvalue weighted by molar-refractivity contribution is 5.66. The number of piperidine rings is 1. The highest BCUT2D eigenvalue weighted by Crippen LogP contribution is 2.39. The first-order valence-corrected chi connectivity index (χ1v) is 16.5. The monoisotopic (exact) mass is 714 g/mol. The highest BCUT2D eigenvalue weighted by Gasteiger charge is 2.42. The van der Waals surface area contributed by atoms with Gasteiger partial charge in [-0.1, -0.05) is 27.7 Å². The second-order valence-electron chi connectivity index (χ2n) is 13.6. The van der Waals surface area contributed by atoms with E-state index in [-0.39, 0.29) is 49.2 Å². The summed E-state index contributed by atoms with van der Waals surface area (Å²) in [4.78, 5) is 23.6. The predicted molar refractivity (Wildman–Crippen MR) is 172 cm³/mol. The maximum absolute atomic E-state index is 13.8. The van der Waals surface area contributed by atoms with E-state index in [0.29, 0.717) is 37.7 Å². The number of aliphatic hydroxyl groups is 1. The molecular weight excluding hydrogens is 670 g/mol. The molecular formula is C34H44F6N6O4. The number of benzene rings is 1. The minimum absolute atomic E-state index is 0.0511. The molecule has 0 aliphatic carbocycles. The molecule has 50 heavy (non-hydrogen) atoms. The molecule has 276 valence electrons. The molecule has 2 unspecified atom stereocenters. The summed E-state index contributed by atoms with van der Waals surface area (Å²) in [6.07, 6.45) is -2.77. The Morgan fingerprint density at radius 2 is 1.52 bits per heavy atom. The number of aryl methyl sites for hydroxylation is 1. The van der Waals surface area contributed by atoms with Gasteiger partial charge in [-0.3, -0.25) is 9.48 Å². The molecule has 0 spiro atoms. The molecule has 2 aromatic heterocycles. The zero-order chi connectivity index (χ0) is 37.0. The zero-order valence-corrected chi connectivity index (χ0v) is 28.7. The number of nitrogens with zero attached hydrogens (tertiary/aromatic N) is 6. The fraction of sp³-hybridized carbons (Fsp3) is 0.588. The number of hydrogen-bond acceptors (Lipinski definition) is 8. The van der Waals surface area contributed by atoms with Gasteiger partial charge in [0.1, 0.15) is 0 Å². The number of alkyl halides is 6. The second kappa shape index (κ2) is 15.6. The lowest BCUT2D eigenvalue weighted by Gasteiger charge is -2.49. The third-order valence-corrected chi connectivity index (χ3v) is 9.14. The van der Waals surface area contributed by atoms with Crippen molar-refractivity contribution in [3.63, 3.8) is 0 Å². The van der Waals surface area contributed by atoms with Gasteiger partial charge in [0.15, 0.2) is 0 Å². The lowest BCUT2D eigenvalue weighted by molar-refractivity contribution is -0.238. The number of hydrogen-bond donors (Lipinski definition) is 2. The van der Waals surface area contributed by atoms with Crippen molar-refractivity contribution in [3.8, 4) is 11.1 Å². The predicted octanol–water partition coefficient (Wildman–Crippen LogP) is 7.13. The smallest absolute Gasteiger partial charge is 0.416 e. The van der Waals surface area contributed by atoms with Gasteiger partial charge in [0.25, 0.3) is 0 Å². The second-order valence-corrected chi connectivity index (χ2v) is 13.6. The molecule has 1 saturated heterocycles. The summed E-state index contributed by atoms with van der Waals surface area (Å²) in [7, 11) is 1.74. The fourth-order valence-corrected chi connectivity index (χ4v) is 6.40. The molecule has 3 aromatic rings. The maximum Gasteiger partial charge on any atom is 0.416 e. The van der Waals surface area contributed by atoms with Gasteiger partial charge in [0, 0.05) is 67.9 Å². The molecule has 1 fully saturated rings. The Hall–Kier alpha value is -3.76. The van der Waals surface area contributed by atoms with E-state index in [1.807, 2.05) is 32.6 Å². The van der Waals surface area contributed by atoms with Gasteiger partial charge in [-0.05, 0) is 61.3 Å². The minimum Gasteiger partial charge on any atom is -0.481 e. The summed E-state index contributed by atoms with van der Waals surface area (Å²) in [5, 5.41) is 24.5. The first-order valence-electron chi connectivity index (χ1n) is 16.5. The van der Waals surface area contributed by atoms with Crippen LogP contribution in [-0.2, 0) is 35.5 Å². The molecule has 4 atom stereocenters. The number of likely N-dealkylation sites (tertiary alicyclic amines) is 1. The summed E-state index contributed by atoms with van der Waals surface area (Å²) in [5.74, 6) is -0.804. The number of aliphatic hydroxyl groups excluding tert-OH is 1. The third kappa shape index (κ3) is 9.94. The summed E-state index contributed by atoms with van der Waals surface area (Å²) in [6.45, 7) is 7.28. The van der Waals surface area contributed by atoms with Crippen LogP contribution in [0.15, 0.2) is 43.0 Å². The van der Waals surface area contributed by atoms with Crippen LogP contribution in [0.3, 0.4) is 0 Å². The molecule has 10 nitrogen and oxygen atoms in total. The zero-order valence-electron chi connectivity index (χ0n) is 28.7. The molecule has 1 aliphatic heterocycles. The van der Waals surface area contributed by atoms with Gasteiger partial charge in [0.05, 0.1) is 23.9 Å². The van der Waals surface area contributed by atoms with Crippen LogP contribution in [0.5, 0.6) is 0 Å². The Morgan fingerprint density at radius 3 is 1.98 bits per heavy atom. The number of anilines is 1. The number of halogens is 6. The molecule has 4 rings (SSSR count). The summed E-state index contributed by atoms with van der Waals surface area (Å²) < 4.78 is 90.3. The molecule has 0 radical (unpaired) electrons. The maximum atomic E-state index is 13.8. The van der Waals surface area contributed by atoms with Gasteiger partial charge in [-0.15, -0.1) is 0 Å². The quantitative estimate of drug-likeness (QED) is 0.133. The highest BCUT2D eigenvalue weighted by atomic mass is 19.4. The molecule has 16 heteroatoms. The summed E-state index contributed by atoms with van der Waals surface area (Å²) in [6, 6.07) is 0.532. The van der Waals surface area contributed by atoms with E-state index in [1.165, 1.54) is 12.4 Å². The van der Waals surface area contributed by atoms with E-state index in [4.69, 9.17) is 9.84 Å². The van der Waals surface area contributed by atoms with Crippen LogP contribution in [0.4, 0.5) is 32.3 Å². The molecule has 2 N–H and O–H groups in total. The molecule has 0 saturated carbocycles. The standard InChI is InChI=1S/C34H44F6N6O4/c1-6-26-13-28(14-27(7-2)46(26)31(49)50-20-32(3,4)9-8-29(47)48)45(30-41-15-22(16-42-30)23-17-43-44(5)19-23)18-21-10-24(33(35,36)37)12-25(11-21)34(38,39)40/h10-12,15-17,19,26-28,31,49H,6-9,13-14,18,20H2,1-5H3,(H,47,48)/t26-,27+,28?,31?. The number of aromatic nitrogens is 4. The van der Waals surface area contributed by atoms with Gasteiger partial charge < -0.3 is 19.8 Å². The number of rotatable bonds is 14. The fourth-order valence-electron chi connectivity index (χ4n) is 6.40. The molecule has 0 amide bonds. The Morgan fingerprint density at radius 1 is 0.960 bits per heavy atom. The van der Waals surface area contributed by atoms with E-state index in [2.05, 4.69) is 15.1 Å². The number of carboxylic acids is 1. The normalized spacial score (nSPS) is 19.8. The van der Waals surface area contributed by atoms with Crippen LogP contribution in [0.25, 0.3) is 11.1 Å². The van der Waals surface area contributed by atoms with Gasteiger partial charge >= 0.3 is 18.3 Å². The van der Waals surface area contributed by atoms with E-state index >= 15 is 0 Å². The van der Waals surface area contributed by atoms with Crippen LogP contribution in [0.1, 0.15) is 82.9 Å². The molecule has 1 aliphatic rings. The van der Waals surface area contributed by atoms with Crippen LogP contribution >= 0.6 is 0 Å². The van der Waals surface area contributed by atoms with Crippen molar-refractivity contribution < 1.29 is 46.1 Å². The van der Waals surface area contributed by atoms with Crippen molar-refractivity contribution >= 4 is 11.9 Å². The van der Waals surface area contributed by atoms with Gasteiger partial charge in [-0.2, -0.15) is 31.4 Å². The lowest BCUT2D eigenvalue weighted by atomic mass is 9.87. The van der Waals surface area contributed by atoms with Crippen LogP contribution < -0.4 is 4.90 Å². The number of carbonyl (C=O) groups is 1. The Balaban J connectivity index is 1.68. The van der Waals surface area contributed by atoms with Gasteiger partial charge in [0.2, 0.25) is 12.4 Å². The average molecular weight is 715 g/mol. The van der Waals surface area contributed by atoms with E-state index < -0.39 is 47.3 Å². The molecule has 3 heterocycles. The molecule has 1 aromatic carbocycles. The van der Waals surface area contributed by atoms with Crippen molar-refractivity contribution in [2.24, 2.45) is 12.5 Å². The first-order chi connectivity index (χ1) is 23.3. The summed E-state index contributed by atoms with van der Waals surface area (Å²) in [5.41, 5.74) is -2.20. The van der Waals surface area contributed by atoms with Crippen molar-refractivity contribution in [1.82, 2.24) is 24.6 Å². The van der Waals surface area contributed by atoms with Crippen molar-refractivity contribution in [2.75, 3.05) is 11.5 Å². The Kier molecular flexibility index (Phi) is 12.2. The summed E-state index contributed by atoms with van der Waals surface area (Å²) >= 11 is 0. The van der Waals surface area contributed by atoms with Crippen molar-refractivity contribution in [1.29, 1.82) is 0 Å². The minimum atomic E-state index is -5.01. The Bertz CT molecular complexity index is 1530. The van der Waals surface area contributed by atoms with Crippen LogP contribution in [0, 0.1) is 5.41 Å². The van der Waals surface area contributed by atoms with Crippen LogP contribution in [0.2, 0.25) is 0 Å². The van der Waals surface area contributed by atoms with Crippen molar-refractivity contribution in [2.45, 2.75) is 110 Å². The first kappa shape index (κ1) is 39.0. The van der Waals surface area contributed by atoms with Gasteiger partial charge in [-0.25, -0.2) is 14.9 Å². The lowest BCUT2D eigenvalue weighted by Crippen LogP contribution is -2.59. The molecule has 0 bridgehead atoms. The number of ether oxygens (including phenoxy) is 1. The third-order valence-electron chi connectivity index (χ3n) is 9.14. The SMILES string of the molecule is CC[C@@H]1CC(N(Cc2cc(C(F)(F)F)cc(C(F)(F)F)c2)c2ncc(-c3cnn(C)c3)cn2)C[C@H](CC)N1C(O)OCC(C)(C)CCC(=O)O. The topological polar surface area (TPSA) is 117 Å². The Labute approximate surface area is 287 Å².